The molecule has 0 unspecified atom stereocenters. The van der Waals surface area contributed by atoms with E-state index >= 15 is 0 Å². The second-order valence-electron chi connectivity index (χ2n) is 5.93. The topological polar surface area (TPSA) is 81.5 Å². The molecule has 0 aliphatic heterocycles. The molecule has 0 bridgehead atoms. The summed E-state index contributed by atoms with van der Waals surface area (Å²) in [7, 11) is 0. The second kappa shape index (κ2) is 8.11. The number of carbonyl (C=O) groups is 1. The van der Waals surface area contributed by atoms with Crippen molar-refractivity contribution in [3.8, 4) is 5.75 Å². The van der Waals surface area contributed by atoms with E-state index in [1.54, 1.807) is 19.1 Å². The van der Waals surface area contributed by atoms with Crippen molar-refractivity contribution < 1.29 is 14.5 Å². The third-order valence-electron chi connectivity index (χ3n) is 3.64. The predicted molar refractivity (Wildman–Crippen MR) is 100 cm³/mol. The van der Waals surface area contributed by atoms with Crippen molar-refractivity contribution in [3.63, 3.8) is 0 Å². The highest BCUT2D eigenvalue weighted by atomic mass is 79.9. The van der Waals surface area contributed by atoms with Gasteiger partial charge in [0.05, 0.1) is 4.92 Å². The van der Waals surface area contributed by atoms with Crippen LogP contribution in [0, 0.1) is 17.0 Å². The Morgan fingerprint density at radius 2 is 2.00 bits per heavy atom. The van der Waals surface area contributed by atoms with Crippen molar-refractivity contribution in [2.24, 2.45) is 0 Å². The number of hydrogen-bond acceptors (Lipinski definition) is 4. The molecule has 132 valence electrons. The molecule has 2 aromatic carbocycles. The number of amides is 1. The van der Waals surface area contributed by atoms with Gasteiger partial charge in [0.1, 0.15) is 5.75 Å². The molecule has 0 aliphatic carbocycles. The molecule has 6 nitrogen and oxygen atoms in total. The zero-order chi connectivity index (χ0) is 18.6. The summed E-state index contributed by atoms with van der Waals surface area (Å²) in [6.45, 7) is 5.55. The fraction of sp³-hybridized carbons (Fsp3) is 0.278. The van der Waals surface area contributed by atoms with Crippen LogP contribution in [-0.4, -0.2) is 17.4 Å². The Morgan fingerprint density at radius 1 is 1.28 bits per heavy atom. The predicted octanol–water partition coefficient (Wildman–Crippen LogP) is 4.81. The number of halogens is 1. The number of nitro benzene ring substituents is 1. The second-order valence-corrected chi connectivity index (χ2v) is 6.85. The van der Waals surface area contributed by atoms with Gasteiger partial charge in [-0.05, 0) is 42.7 Å². The SMILES string of the molecule is Cc1ccc(NC(=O)COc2ccc(Br)cc2C(C)C)cc1[N+](=O)[O-]. The van der Waals surface area contributed by atoms with Crippen LogP contribution in [-0.2, 0) is 4.79 Å². The molecular weight excluding hydrogens is 388 g/mol. The van der Waals surface area contributed by atoms with Gasteiger partial charge in [0.2, 0.25) is 0 Å². The third-order valence-corrected chi connectivity index (χ3v) is 4.14. The lowest BCUT2D eigenvalue weighted by Crippen LogP contribution is -2.20. The van der Waals surface area contributed by atoms with Gasteiger partial charge in [-0.3, -0.25) is 14.9 Å². The van der Waals surface area contributed by atoms with Crippen LogP contribution in [0.2, 0.25) is 0 Å². The molecule has 25 heavy (non-hydrogen) atoms. The molecule has 0 spiro atoms. The van der Waals surface area contributed by atoms with E-state index in [1.807, 2.05) is 32.0 Å². The lowest BCUT2D eigenvalue weighted by molar-refractivity contribution is -0.385. The molecule has 1 amide bonds. The van der Waals surface area contributed by atoms with Crippen LogP contribution in [0.15, 0.2) is 40.9 Å². The summed E-state index contributed by atoms with van der Waals surface area (Å²) in [6.07, 6.45) is 0. The molecule has 0 aromatic heterocycles. The van der Waals surface area contributed by atoms with Crippen LogP contribution in [0.1, 0.15) is 30.9 Å². The number of anilines is 1. The van der Waals surface area contributed by atoms with E-state index in [2.05, 4.69) is 21.2 Å². The molecule has 1 N–H and O–H groups in total. The Hall–Kier alpha value is -2.41. The Balaban J connectivity index is 2.05. The fourth-order valence-corrected chi connectivity index (χ4v) is 2.70. The standard InChI is InChI=1S/C18H19BrN2O4/c1-11(2)15-8-13(19)5-7-17(15)25-10-18(22)20-14-6-4-12(3)16(9-14)21(23)24/h4-9,11H,10H2,1-3H3,(H,20,22). The Morgan fingerprint density at radius 3 is 2.64 bits per heavy atom. The molecule has 0 aliphatic rings. The van der Waals surface area contributed by atoms with Crippen molar-refractivity contribution in [2.75, 3.05) is 11.9 Å². The van der Waals surface area contributed by atoms with Gasteiger partial charge in [-0.15, -0.1) is 0 Å². The number of nitro groups is 1. The highest BCUT2D eigenvalue weighted by Crippen LogP contribution is 2.29. The Kier molecular flexibility index (Phi) is 6.14. The maximum Gasteiger partial charge on any atom is 0.274 e. The Labute approximate surface area is 154 Å². The first-order valence-corrected chi connectivity index (χ1v) is 8.54. The lowest BCUT2D eigenvalue weighted by Gasteiger charge is -2.14. The molecule has 7 heteroatoms. The van der Waals surface area contributed by atoms with Gasteiger partial charge in [-0.1, -0.05) is 35.8 Å². The van der Waals surface area contributed by atoms with Gasteiger partial charge >= 0.3 is 0 Å². The number of aryl methyl sites for hydroxylation is 1. The van der Waals surface area contributed by atoms with E-state index in [4.69, 9.17) is 4.74 Å². The number of rotatable bonds is 6. The summed E-state index contributed by atoms with van der Waals surface area (Å²) >= 11 is 3.42. The number of carbonyl (C=O) groups excluding carboxylic acids is 1. The van der Waals surface area contributed by atoms with Crippen molar-refractivity contribution in [3.05, 3.63) is 62.1 Å². The van der Waals surface area contributed by atoms with E-state index in [9.17, 15) is 14.9 Å². The van der Waals surface area contributed by atoms with Crippen molar-refractivity contribution in [1.82, 2.24) is 0 Å². The molecule has 0 radical (unpaired) electrons. The summed E-state index contributed by atoms with van der Waals surface area (Å²) in [5.41, 5.74) is 1.86. The maximum absolute atomic E-state index is 12.1. The quantitative estimate of drug-likeness (QED) is 0.551. The van der Waals surface area contributed by atoms with Crippen LogP contribution < -0.4 is 10.1 Å². The average molecular weight is 407 g/mol. The molecular formula is C18H19BrN2O4. The van der Waals surface area contributed by atoms with Crippen LogP contribution in [0.25, 0.3) is 0 Å². The van der Waals surface area contributed by atoms with Crippen molar-refractivity contribution in [1.29, 1.82) is 0 Å². The first-order valence-electron chi connectivity index (χ1n) is 7.75. The molecule has 0 saturated carbocycles. The normalized spacial score (nSPS) is 10.6. The summed E-state index contributed by atoms with van der Waals surface area (Å²) in [6, 6.07) is 10.2. The zero-order valence-corrected chi connectivity index (χ0v) is 15.8. The molecule has 0 fully saturated rings. The summed E-state index contributed by atoms with van der Waals surface area (Å²) < 4.78 is 6.57. The smallest absolute Gasteiger partial charge is 0.274 e. The van der Waals surface area contributed by atoms with Crippen LogP contribution in [0.3, 0.4) is 0 Å². The van der Waals surface area contributed by atoms with E-state index in [-0.39, 0.29) is 24.1 Å². The van der Waals surface area contributed by atoms with Gasteiger partial charge in [0, 0.05) is 21.8 Å². The van der Waals surface area contributed by atoms with E-state index in [0.29, 0.717) is 17.0 Å². The van der Waals surface area contributed by atoms with E-state index in [0.717, 1.165) is 10.0 Å². The molecule has 2 aromatic rings. The maximum atomic E-state index is 12.1. The minimum atomic E-state index is -0.474. The molecule has 0 saturated heterocycles. The first-order chi connectivity index (χ1) is 11.8. The lowest BCUT2D eigenvalue weighted by atomic mass is 10.0. The zero-order valence-electron chi connectivity index (χ0n) is 14.2. The number of ether oxygens (including phenoxy) is 1. The fourth-order valence-electron chi connectivity index (χ4n) is 2.33. The number of nitrogens with one attached hydrogen (secondary N) is 1. The van der Waals surface area contributed by atoms with Gasteiger partial charge < -0.3 is 10.1 Å². The van der Waals surface area contributed by atoms with Crippen LogP contribution >= 0.6 is 15.9 Å². The largest absolute Gasteiger partial charge is 0.483 e. The molecule has 0 atom stereocenters. The van der Waals surface area contributed by atoms with Crippen molar-refractivity contribution >= 4 is 33.2 Å². The van der Waals surface area contributed by atoms with E-state index in [1.165, 1.54) is 6.07 Å². The minimum absolute atomic E-state index is 0.0336. The summed E-state index contributed by atoms with van der Waals surface area (Å²) in [5.74, 6) is 0.509. The number of hydrogen-bond donors (Lipinski definition) is 1. The van der Waals surface area contributed by atoms with Gasteiger partial charge in [0.25, 0.3) is 11.6 Å². The van der Waals surface area contributed by atoms with E-state index < -0.39 is 4.92 Å². The Bertz CT molecular complexity index is 806. The first kappa shape index (κ1) is 18.9. The number of nitrogens with zero attached hydrogens (tertiary/aromatic N) is 1. The monoisotopic (exact) mass is 406 g/mol. The number of benzene rings is 2. The van der Waals surface area contributed by atoms with Crippen LogP contribution in [0.5, 0.6) is 5.75 Å². The van der Waals surface area contributed by atoms with Gasteiger partial charge in [-0.2, -0.15) is 0 Å². The molecule has 2 rings (SSSR count). The highest BCUT2D eigenvalue weighted by molar-refractivity contribution is 9.10. The van der Waals surface area contributed by atoms with Gasteiger partial charge in [-0.25, -0.2) is 0 Å². The average Bonchev–Trinajstić information content (AvgIpc) is 2.55. The van der Waals surface area contributed by atoms with Crippen LogP contribution in [0.4, 0.5) is 11.4 Å². The summed E-state index contributed by atoms with van der Waals surface area (Å²) in [5, 5.41) is 13.6. The molecule has 0 heterocycles. The highest BCUT2D eigenvalue weighted by Gasteiger charge is 2.14. The van der Waals surface area contributed by atoms with Crippen molar-refractivity contribution in [2.45, 2.75) is 26.7 Å². The van der Waals surface area contributed by atoms with Gasteiger partial charge in [0.15, 0.2) is 6.61 Å². The third kappa shape index (κ3) is 5.03. The minimum Gasteiger partial charge on any atom is -0.483 e. The summed E-state index contributed by atoms with van der Waals surface area (Å²) in [4.78, 5) is 22.6.